The van der Waals surface area contributed by atoms with Crippen molar-refractivity contribution >= 4 is 17.9 Å². The molecular formula is C6H9O6. The number of carboxylic acids is 2. The van der Waals surface area contributed by atoms with Crippen molar-refractivity contribution in [1.82, 2.24) is 0 Å². The van der Waals surface area contributed by atoms with Gasteiger partial charge in [0.15, 0.2) is 0 Å². The van der Waals surface area contributed by atoms with Crippen molar-refractivity contribution < 1.29 is 29.7 Å². The highest BCUT2D eigenvalue weighted by Crippen LogP contribution is 1.86. The van der Waals surface area contributed by atoms with Gasteiger partial charge in [0.2, 0.25) is 0 Å². The Morgan fingerprint density at radius 3 is 1.25 bits per heavy atom. The quantitative estimate of drug-likeness (QED) is 0.625. The Labute approximate surface area is 68.4 Å². The highest BCUT2D eigenvalue weighted by Gasteiger charge is 2.00. The molecule has 0 amide bonds. The lowest BCUT2D eigenvalue weighted by Gasteiger charge is -1.85. The van der Waals surface area contributed by atoms with Crippen LogP contribution in [0.1, 0.15) is 19.8 Å². The molecule has 69 valence electrons. The molecule has 0 aliphatic rings. The van der Waals surface area contributed by atoms with Crippen LogP contribution in [0.2, 0.25) is 0 Å². The standard InChI is InChI=1S/C4H6O4.C2H3O2/c5-3(6)1-2-4(7)8;1-2(3)4/h1-2H2,(H,5,6)(H,7,8);1H3. The Balaban J connectivity index is 0. The van der Waals surface area contributed by atoms with Crippen molar-refractivity contribution in [2.45, 2.75) is 19.8 Å². The van der Waals surface area contributed by atoms with Crippen LogP contribution < -0.4 is 0 Å². The third-order valence-corrected chi connectivity index (χ3v) is 0.553. The van der Waals surface area contributed by atoms with Gasteiger partial charge in [-0.05, 0) is 0 Å². The van der Waals surface area contributed by atoms with E-state index >= 15 is 0 Å². The summed E-state index contributed by atoms with van der Waals surface area (Å²) in [6.45, 7) is 0.972. The van der Waals surface area contributed by atoms with Gasteiger partial charge in [-0.15, -0.1) is 0 Å². The lowest BCUT2D eigenvalue weighted by molar-refractivity contribution is -0.143. The second-order valence-electron chi connectivity index (χ2n) is 1.78. The van der Waals surface area contributed by atoms with Crippen molar-refractivity contribution in [3.63, 3.8) is 0 Å². The Kier molecular flexibility index (Phi) is 8.16. The van der Waals surface area contributed by atoms with Gasteiger partial charge in [-0.25, -0.2) is 9.90 Å². The third-order valence-electron chi connectivity index (χ3n) is 0.553. The first kappa shape index (κ1) is 13.0. The summed E-state index contributed by atoms with van der Waals surface area (Å²) in [5, 5.41) is 24.7. The first-order valence-corrected chi connectivity index (χ1v) is 2.97. The van der Waals surface area contributed by atoms with E-state index in [4.69, 9.17) is 20.1 Å². The average Bonchev–Trinajstić information content (AvgIpc) is 1.82. The fourth-order valence-corrected chi connectivity index (χ4v) is 0.214. The molecule has 2 N–H and O–H groups in total. The molecule has 12 heavy (non-hydrogen) atoms. The van der Waals surface area contributed by atoms with Crippen LogP contribution in [0.25, 0.3) is 0 Å². The van der Waals surface area contributed by atoms with E-state index in [-0.39, 0.29) is 12.8 Å². The van der Waals surface area contributed by atoms with Gasteiger partial charge >= 0.3 is 17.9 Å². The van der Waals surface area contributed by atoms with Crippen molar-refractivity contribution in [2.75, 3.05) is 0 Å². The van der Waals surface area contributed by atoms with Crippen molar-refractivity contribution in [2.24, 2.45) is 0 Å². The minimum Gasteiger partial charge on any atom is -0.481 e. The summed E-state index contributed by atoms with van der Waals surface area (Å²) in [4.78, 5) is 28.2. The van der Waals surface area contributed by atoms with Gasteiger partial charge in [0.25, 0.3) is 0 Å². The first-order valence-electron chi connectivity index (χ1n) is 2.97. The van der Waals surface area contributed by atoms with Crippen molar-refractivity contribution in [1.29, 1.82) is 0 Å². The molecule has 0 fully saturated rings. The summed E-state index contributed by atoms with van der Waals surface area (Å²) in [5.74, 6) is -3.24. The van der Waals surface area contributed by atoms with Crippen LogP contribution in [-0.4, -0.2) is 28.1 Å². The highest BCUT2D eigenvalue weighted by atomic mass is 16.4. The Hall–Kier alpha value is -1.59. The molecule has 0 heterocycles. The molecule has 0 spiro atoms. The van der Waals surface area contributed by atoms with E-state index in [1.807, 2.05) is 0 Å². The molecule has 6 heteroatoms. The van der Waals surface area contributed by atoms with Gasteiger partial charge in [-0.2, -0.15) is 0 Å². The van der Waals surface area contributed by atoms with Crippen LogP contribution in [-0.2, 0) is 19.5 Å². The van der Waals surface area contributed by atoms with Gasteiger partial charge in [-0.3, -0.25) is 9.59 Å². The molecule has 0 rings (SSSR count). The Morgan fingerprint density at radius 2 is 1.17 bits per heavy atom. The summed E-state index contributed by atoms with van der Waals surface area (Å²) in [6.07, 6.45) is -0.593. The van der Waals surface area contributed by atoms with Gasteiger partial charge in [-0.1, -0.05) is 0 Å². The second-order valence-corrected chi connectivity index (χ2v) is 1.78. The van der Waals surface area contributed by atoms with E-state index in [9.17, 15) is 9.59 Å². The third kappa shape index (κ3) is 39.7. The summed E-state index contributed by atoms with van der Waals surface area (Å²) < 4.78 is 0. The van der Waals surface area contributed by atoms with Gasteiger partial charge < -0.3 is 10.2 Å². The summed E-state index contributed by atoms with van der Waals surface area (Å²) in [6, 6.07) is 0. The lowest BCUT2D eigenvalue weighted by Crippen LogP contribution is -2.00. The molecule has 0 saturated carbocycles. The fraction of sp³-hybridized carbons (Fsp3) is 0.500. The number of aliphatic carboxylic acids is 2. The number of hydrogen-bond acceptors (Lipinski definition) is 3. The van der Waals surface area contributed by atoms with Gasteiger partial charge in [0.05, 0.1) is 12.8 Å². The minimum absolute atomic E-state index is 0.296. The molecule has 0 aromatic heterocycles. The van der Waals surface area contributed by atoms with E-state index in [2.05, 4.69) is 0 Å². The normalized spacial score (nSPS) is 7.75. The van der Waals surface area contributed by atoms with E-state index in [1.54, 1.807) is 0 Å². The van der Waals surface area contributed by atoms with E-state index < -0.39 is 17.9 Å². The molecule has 6 nitrogen and oxygen atoms in total. The zero-order valence-electron chi connectivity index (χ0n) is 6.44. The maximum Gasteiger partial charge on any atom is 0.352 e. The van der Waals surface area contributed by atoms with Crippen LogP contribution in [0.4, 0.5) is 0 Å². The summed E-state index contributed by atoms with van der Waals surface area (Å²) in [7, 11) is 0. The molecule has 0 aliphatic carbocycles. The van der Waals surface area contributed by atoms with E-state index in [1.165, 1.54) is 0 Å². The van der Waals surface area contributed by atoms with Crippen LogP contribution >= 0.6 is 0 Å². The molecule has 0 aromatic rings. The molecule has 0 aliphatic heterocycles. The SMILES string of the molecule is CC([O])=O.O=C(O)CCC(=O)O. The molecule has 0 unspecified atom stereocenters. The monoisotopic (exact) mass is 177 g/mol. The fourth-order valence-electron chi connectivity index (χ4n) is 0.214. The number of carbonyl (C=O) groups excluding carboxylic acids is 1. The average molecular weight is 177 g/mol. The number of carboxylic acid groups (broad SMARTS) is 2. The predicted octanol–water partition coefficient (Wildman–Crippen LogP) is -0.101. The van der Waals surface area contributed by atoms with Crippen LogP contribution in [0, 0.1) is 0 Å². The number of rotatable bonds is 3. The van der Waals surface area contributed by atoms with E-state index in [0.717, 1.165) is 6.92 Å². The second kappa shape index (κ2) is 7.52. The molecule has 0 saturated heterocycles. The van der Waals surface area contributed by atoms with E-state index in [0.29, 0.717) is 0 Å². The maximum atomic E-state index is 9.64. The van der Waals surface area contributed by atoms with Crippen molar-refractivity contribution in [3.05, 3.63) is 0 Å². The zero-order chi connectivity index (χ0) is 10.1. The summed E-state index contributed by atoms with van der Waals surface area (Å²) in [5.41, 5.74) is 0. The number of carbonyl (C=O) groups is 3. The smallest absolute Gasteiger partial charge is 0.352 e. The number of hydrogen-bond donors (Lipinski definition) is 2. The highest BCUT2D eigenvalue weighted by molar-refractivity contribution is 5.75. The van der Waals surface area contributed by atoms with Crippen molar-refractivity contribution in [3.8, 4) is 0 Å². The van der Waals surface area contributed by atoms with Crippen LogP contribution in [0.3, 0.4) is 0 Å². The molecule has 0 atom stereocenters. The van der Waals surface area contributed by atoms with Crippen LogP contribution in [0.15, 0.2) is 0 Å². The topological polar surface area (TPSA) is 112 Å². The zero-order valence-corrected chi connectivity index (χ0v) is 6.44. The molecular weight excluding hydrogens is 168 g/mol. The predicted molar refractivity (Wildman–Crippen MR) is 35.9 cm³/mol. The Bertz CT molecular complexity index is 155. The molecule has 0 bridgehead atoms. The summed E-state index contributed by atoms with van der Waals surface area (Å²) >= 11 is 0. The van der Waals surface area contributed by atoms with Gasteiger partial charge in [0.1, 0.15) is 0 Å². The Morgan fingerprint density at radius 1 is 1.00 bits per heavy atom. The molecule has 1 radical (unpaired) electrons. The lowest BCUT2D eigenvalue weighted by atomic mass is 10.3. The van der Waals surface area contributed by atoms with Gasteiger partial charge in [0, 0.05) is 6.92 Å². The van der Waals surface area contributed by atoms with Crippen LogP contribution in [0.5, 0.6) is 0 Å². The first-order chi connectivity index (χ1) is 5.36. The maximum absolute atomic E-state index is 9.64. The molecule has 0 aromatic carbocycles. The largest absolute Gasteiger partial charge is 0.481 e. The minimum atomic E-state index is -1.08.